The van der Waals surface area contributed by atoms with Crippen molar-refractivity contribution in [2.45, 2.75) is 20.3 Å². The molecular formula is C35H32Zr. The standard InChI is InChI=1S/C21H18.2C7H7.Zr/c1-14-5-3-7-18-10-16(12-20(14)18)9-17-11-19-8-4-6-15(2)21(19)13-17;2*1-7-5-3-2-4-6-7;/h3-8,10-13H,9H2,1-2H3;2*2-6H,1H2;/q-2;2*-1;+4. The fourth-order valence-electron chi connectivity index (χ4n) is 4.30. The molecule has 0 bridgehead atoms. The zero-order valence-electron chi connectivity index (χ0n) is 21.2. The van der Waals surface area contributed by atoms with E-state index in [-0.39, 0.29) is 26.2 Å². The smallest absolute Gasteiger partial charge is 0.199 e. The summed E-state index contributed by atoms with van der Waals surface area (Å²) in [5, 5.41) is 5.49. The Morgan fingerprint density at radius 1 is 0.528 bits per heavy atom. The molecule has 6 aromatic rings. The minimum Gasteiger partial charge on any atom is -0.199 e. The summed E-state index contributed by atoms with van der Waals surface area (Å²) in [5.41, 5.74) is 7.69. The van der Waals surface area contributed by atoms with E-state index in [1.54, 1.807) is 0 Å². The van der Waals surface area contributed by atoms with Crippen LogP contribution < -0.4 is 0 Å². The fourth-order valence-corrected chi connectivity index (χ4v) is 4.30. The van der Waals surface area contributed by atoms with E-state index in [0.29, 0.717) is 0 Å². The Kier molecular flexibility index (Phi) is 9.98. The maximum Gasteiger partial charge on any atom is 4.00 e. The van der Waals surface area contributed by atoms with E-state index in [9.17, 15) is 0 Å². The van der Waals surface area contributed by atoms with Crippen LogP contribution in [-0.4, -0.2) is 0 Å². The molecule has 0 radical (unpaired) electrons. The van der Waals surface area contributed by atoms with Crippen molar-refractivity contribution in [1.82, 2.24) is 0 Å². The second-order valence-electron chi connectivity index (χ2n) is 9.03. The topological polar surface area (TPSA) is 0 Å². The van der Waals surface area contributed by atoms with Crippen molar-refractivity contribution in [1.29, 1.82) is 0 Å². The van der Waals surface area contributed by atoms with E-state index >= 15 is 0 Å². The first-order valence-corrected chi connectivity index (χ1v) is 12.0. The van der Waals surface area contributed by atoms with Crippen LogP contribution in [0.5, 0.6) is 0 Å². The van der Waals surface area contributed by atoms with Crippen molar-refractivity contribution in [3.8, 4) is 0 Å². The van der Waals surface area contributed by atoms with Gasteiger partial charge in [-0.3, -0.25) is 0 Å². The number of aryl methyl sites for hydroxylation is 2. The molecule has 0 aromatic heterocycles. The summed E-state index contributed by atoms with van der Waals surface area (Å²) in [6, 6.07) is 42.2. The molecule has 0 aliphatic carbocycles. The zero-order valence-corrected chi connectivity index (χ0v) is 23.6. The normalized spacial score (nSPS) is 10.1. The maximum absolute atomic E-state index is 3.72. The largest absolute Gasteiger partial charge is 4.00 e. The average molecular weight is 544 g/mol. The zero-order chi connectivity index (χ0) is 24.6. The molecule has 6 rings (SSSR count). The quantitative estimate of drug-likeness (QED) is 0.191. The summed E-state index contributed by atoms with van der Waals surface area (Å²) < 4.78 is 0. The van der Waals surface area contributed by atoms with Gasteiger partial charge in [0.25, 0.3) is 0 Å². The van der Waals surface area contributed by atoms with Crippen molar-refractivity contribution in [2.24, 2.45) is 0 Å². The molecule has 0 saturated carbocycles. The molecule has 0 N–H and O–H groups in total. The van der Waals surface area contributed by atoms with Crippen molar-refractivity contribution < 1.29 is 26.2 Å². The van der Waals surface area contributed by atoms with Gasteiger partial charge in [-0.2, -0.15) is 61.4 Å². The van der Waals surface area contributed by atoms with Crippen molar-refractivity contribution in [2.75, 3.05) is 0 Å². The third-order valence-electron chi connectivity index (χ3n) is 6.15. The third kappa shape index (κ3) is 7.36. The van der Waals surface area contributed by atoms with E-state index in [2.05, 4.69) is 88.4 Å². The molecule has 0 heterocycles. The summed E-state index contributed by atoms with van der Waals surface area (Å²) in [7, 11) is 0. The van der Waals surface area contributed by atoms with Gasteiger partial charge in [-0.1, -0.05) is 35.4 Å². The van der Waals surface area contributed by atoms with Crippen LogP contribution in [0.4, 0.5) is 0 Å². The first-order valence-electron chi connectivity index (χ1n) is 12.0. The third-order valence-corrected chi connectivity index (χ3v) is 6.15. The van der Waals surface area contributed by atoms with Gasteiger partial charge in [0.1, 0.15) is 0 Å². The van der Waals surface area contributed by atoms with E-state index in [1.807, 2.05) is 60.7 Å². The fraction of sp³-hybridized carbons (Fsp3) is 0.0857. The van der Waals surface area contributed by atoms with Crippen molar-refractivity contribution in [3.05, 3.63) is 169 Å². The second kappa shape index (κ2) is 13.1. The van der Waals surface area contributed by atoms with Crippen LogP contribution in [0.15, 0.2) is 121 Å². The Hall–Kier alpha value is -3.28. The van der Waals surface area contributed by atoms with Gasteiger partial charge in [0, 0.05) is 0 Å². The molecule has 0 unspecified atom stereocenters. The molecule has 0 fully saturated rings. The predicted molar refractivity (Wildman–Crippen MR) is 153 cm³/mol. The number of fused-ring (bicyclic) bond motifs is 2. The van der Waals surface area contributed by atoms with E-state index in [0.717, 1.165) is 17.5 Å². The van der Waals surface area contributed by atoms with Crippen molar-refractivity contribution in [3.63, 3.8) is 0 Å². The van der Waals surface area contributed by atoms with Crippen LogP contribution in [0.1, 0.15) is 33.4 Å². The maximum atomic E-state index is 3.72. The summed E-state index contributed by atoms with van der Waals surface area (Å²) >= 11 is 0. The molecule has 36 heavy (non-hydrogen) atoms. The van der Waals surface area contributed by atoms with Gasteiger partial charge >= 0.3 is 26.2 Å². The van der Waals surface area contributed by atoms with Crippen LogP contribution in [0.25, 0.3) is 21.5 Å². The number of rotatable bonds is 2. The Bertz CT molecular complexity index is 1370. The van der Waals surface area contributed by atoms with Crippen LogP contribution in [0.2, 0.25) is 0 Å². The van der Waals surface area contributed by atoms with E-state index in [4.69, 9.17) is 0 Å². The van der Waals surface area contributed by atoms with Crippen LogP contribution in [0.3, 0.4) is 0 Å². The minimum absolute atomic E-state index is 0. The molecule has 0 aliphatic heterocycles. The molecule has 6 aromatic carbocycles. The molecule has 0 nitrogen and oxygen atoms in total. The van der Waals surface area contributed by atoms with Gasteiger partial charge in [-0.15, -0.1) is 93.3 Å². The Balaban J connectivity index is 0.000000198. The van der Waals surface area contributed by atoms with Gasteiger partial charge in [0.15, 0.2) is 0 Å². The Labute approximate surface area is 235 Å². The van der Waals surface area contributed by atoms with Gasteiger partial charge in [-0.05, 0) is 20.3 Å². The first-order chi connectivity index (χ1) is 17.0. The monoisotopic (exact) mass is 542 g/mol. The first kappa shape index (κ1) is 27.3. The SMILES string of the molecule is Cc1cccc2[cH-]c(Cc3cc4c(C)cccc4[cH-]3)cc12.[CH2-]c1ccccc1.[CH2-]c1ccccc1.[Zr+4]. The van der Waals surface area contributed by atoms with Gasteiger partial charge in [0.05, 0.1) is 0 Å². The summed E-state index contributed by atoms with van der Waals surface area (Å²) in [5.74, 6) is 0. The molecule has 0 spiro atoms. The van der Waals surface area contributed by atoms with Gasteiger partial charge < -0.3 is 0 Å². The summed E-state index contributed by atoms with van der Waals surface area (Å²) in [6.07, 6.45) is 1.02. The molecule has 0 atom stereocenters. The van der Waals surface area contributed by atoms with E-state index in [1.165, 1.54) is 43.8 Å². The average Bonchev–Trinajstić information content (AvgIpc) is 3.46. The number of hydrogen-bond acceptors (Lipinski definition) is 0. The minimum atomic E-state index is 0. The molecular weight excluding hydrogens is 512 g/mol. The summed E-state index contributed by atoms with van der Waals surface area (Å²) in [6.45, 7) is 11.8. The predicted octanol–water partition coefficient (Wildman–Crippen LogP) is 9.37. The molecule has 0 amide bonds. The van der Waals surface area contributed by atoms with Gasteiger partial charge in [0.2, 0.25) is 0 Å². The Morgan fingerprint density at radius 3 is 1.22 bits per heavy atom. The van der Waals surface area contributed by atoms with Crippen LogP contribution in [0, 0.1) is 27.7 Å². The van der Waals surface area contributed by atoms with E-state index < -0.39 is 0 Å². The number of hydrogen-bond donors (Lipinski definition) is 0. The molecule has 0 saturated heterocycles. The van der Waals surface area contributed by atoms with Crippen LogP contribution in [-0.2, 0) is 32.6 Å². The molecule has 176 valence electrons. The Morgan fingerprint density at radius 2 is 0.917 bits per heavy atom. The summed E-state index contributed by atoms with van der Waals surface area (Å²) in [4.78, 5) is 0. The van der Waals surface area contributed by atoms with Crippen molar-refractivity contribution >= 4 is 21.5 Å². The number of benzene rings is 4. The van der Waals surface area contributed by atoms with Crippen LogP contribution >= 0.6 is 0 Å². The van der Waals surface area contributed by atoms with Gasteiger partial charge in [-0.25, -0.2) is 0 Å². The molecule has 1 heteroatoms. The second-order valence-corrected chi connectivity index (χ2v) is 9.03. The molecule has 0 aliphatic rings.